The molecule has 1 aliphatic rings. The van der Waals surface area contributed by atoms with E-state index in [0.717, 1.165) is 39.7 Å². The predicted octanol–water partition coefficient (Wildman–Crippen LogP) is 2.87. The molecule has 0 saturated heterocycles. The summed E-state index contributed by atoms with van der Waals surface area (Å²) in [5.41, 5.74) is 8.84. The standard InChI is InChI=1S/C16H17N5OS/c1-10-7-20-16-15(10)11(2-3-18-16)21-4-5-23-13(9-21)12-8-19-14(6-17)22-12/h2-3,7-9H,4-6,17H2,1H3,(H,18,20). The zero-order valence-corrected chi connectivity index (χ0v) is 13.6. The van der Waals surface area contributed by atoms with E-state index in [1.807, 2.05) is 12.4 Å². The normalized spacial score (nSPS) is 15.2. The van der Waals surface area contributed by atoms with E-state index in [1.165, 1.54) is 5.56 Å². The van der Waals surface area contributed by atoms with Gasteiger partial charge in [0.2, 0.25) is 5.89 Å². The Bertz CT molecular complexity index is 882. The molecular weight excluding hydrogens is 310 g/mol. The van der Waals surface area contributed by atoms with Gasteiger partial charge in [0, 0.05) is 36.3 Å². The van der Waals surface area contributed by atoms with Crippen molar-refractivity contribution in [1.29, 1.82) is 0 Å². The highest BCUT2D eigenvalue weighted by Crippen LogP contribution is 2.36. The number of nitrogens with one attached hydrogen (secondary N) is 1. The maximum atomic E-state index is 5.68. The average Bonchev–Trinajstić information content (AvgIpc) is 3.22. The molecule has 4 heterocycles. The van der Waals surface area contributed by atoms with Crippen LogP contribution >= 0.6 is 11.8 Å². The summed E-state index contributed by atoms with van der Waals surface area (Å²) >= 11 is 1.77. The summed E-state index contributed by atoms with van der Waals surface area (Å²) in [5.74, 6) is 2.32. The van der Waals surface area contributed by atoms with E-state index >= 15 is 0 Å². The minimum absolute atomic E-state index is 0.315. The summed E-state index contributed by atoms with van der Waals surface area (Å²) in [5, 5.41) is 1.16. The first kappa shape index (κ1) is 14.3. The van der Waals surface area contributed by atoms with Gasteiger partial charge in [0.15, 0.2) is 5.76 Å². The molecule has 3 aromatic heterocycles. The molecule has 0 saturated carbocycles. The smallest absolute Gasteiger partial charge is 0.208 e. The van der Waals surface area contributed by atoms with Crippen molar-refractivity contribution in [2.45, 2.75) is 13.5 Å². The minimum Gasteiger partial charge on any atom is -0.439 e. The van der Waals surface area contributed by atoms with Gasteiger partial charge >= 0.3 is 0 Å². The van der Waals surface area contributed by atoms with E-state index in [2.05, 4.69) is 39.0 Å². The number of rotatable bonds is 3. The van der Waals surface area contributed by atoms with E-state index in [4.69, 9.17) is 10.2 Å². The topological polar surface area (TPSA) is 84.0 Å². The zero-order valence-electron chi connectivity index (χ0n) is 12.7. The second-order valence-corrected chi connectivity index (χ2v) is 6.52. The number of H-pyrrole nitrogens is 1. The average molecular weight is 327 g/mol. The quantitative estimate of drug-likeness (QED) is 0.769. The first-order valence-electron chi connectivity index (χ1n) is 7.45. The van der Waals surface area contributed by atoms with Crippen molar-refractivity contribution in [2.24, 2.45) is 5.73 Å². The molecule has 0 atom stereocenters. The fourth-order valence-electron chi connectivity index (χ4n) is 2.78. The molecule has 0 fully saturated rings. The molecule has 4 rings (SSSR count). The lowest BCUT2D eigenvalue weighted by Crippen LogP contribution is -2.23. The number of nitrogens with zero attached hydrogens (tertiary/aromatic N) is 3. The molecule has 0 amide bonds. The Balaban J connectivity index is 1.76. The number of aromatic amines is 1. The summed E-state index contributed by atoms with van der Waals surface area (Å²) in [6.07, 6.45) is 7.70. The Morgan fingerprint density at radius 2 is 2.35 bits per heavy atom. The monoisotopic (exact) mass is 327 g/mol. The molecule has 1 aliphatic heterocycles. The van der Waals surface area contributed by atoms with Crippen molar-refractivity contribution >= 4 is 33.4 Å². The molecule has 23 heavy (non-hydrogen) atoms. The third-order valence-electron chi connectivity index (χ3n) is 3.89. The van der Waals surface area contributed by atoms with Crippen molar-refractivity contribution in [3.8, 4) is 0 Å². The number of anilines is 1. The van der Waals surface area contributed by atoms with Crippen LogP contribution < -0.4 is 10.6 Å². The number of aryl methyl sites for hydroxylation is 1. The van der Waals surface area contributed by atoms with Crippen molar-refractivity contribution < 1.29 is 4.42 Å². The largest absolute Gasteiger partial charge is 0.439 e. The van der Waals surface area contributed by atoms with Crippen molar-refractivity contribution in [1.82, 2.24) is 15.0 Å². The Morgan fingerprint density at radius 3 is 3.17 bits per heavy atom. The Labute approximate surface area is 137 Å². The zero-order chi connectivity index (χ0) is 15.8. The summed E-state index contributed by atoms with van der Waals surface area (Å²) in [6, 6.07) is 2.05. The third kappa shape index (κ3) is 2.51. The summed E-state index contributed by atoms with van der Waals surface area (Å²) in [6.45, 7) is 3.35. The van der Waals surface area contributed by atoms with Crippen LogP contribution in [0.3, 0.4) is 0 Å². The number of nitrogens with two attached hydrogens (primary N) is 1. The number of hydrogen-bond acceptors (Lipinski definition) is 6. The lowest BCUT2D eigenvalue weighted by molar-refractivity contribution is 0.489. The predicted molar refractivity (Wildman–Crippen MR) is 93.0 cm³/mol. The first-order valence-corrected chi connectivity index (χ1v) is 8.44. The highest BCUT2D eigenvalue weighted by atomic mass is 32.2. The van der Waals surface area contributed by atoms with Crippen LogP contribution in [-0.2, 0) is 6.54 Å². The number of hydrogen-bond donors (Lipinski definition) is 2. The van der Waals surface area contributed by atoms with E-state index in [1.54, 1.807) is 18.0 Å². The van der Waals surface area contributed by atoms with Gasteiger partial charge in [0.25, 0.3) is 0 Å². The van der Waals surface area contributed by atoms with E-state index in [-0.39, 0.29) is 0 Å². The minimum atomic E-state index is 0.315. The van der Waals surface area contributed by atoms with Crippen molar-refractivity contribution in [2.75, 3.05) is 17.2 Å². The van der Waals surface area contributed by atoms with Crippen LogP contribution in [0.15, 0.2) is 35.3 Å². The van der Waals surface area contributed by atoms with Gasteiger partial charge in [-0.2, -0.15) is 0 Å². The molecule has 3 N–H and O–H groups in total. The van der Waals surface area contributed by atoms with E-state index in [9.17, 15) is 0 Å². The van der Waals surface area contributed by atoms with Gasteiger partial charge in [0.05, 0.1) is 23.3 Å². The van der Waals surface area contributed by atoms with Crippen LogP contribution in [-0.4, -0.2) is 27.2 Å². The van der Waals surface area contributed by atoms with Crippen LogP contribution in [0.5, 0.6) is 0 Å². The van der Waals surface area contributed by atoms with Gasteiger partial charge in [0.1, 0.15) is 5.65 Å². The van der Waals surface area contributed by atoms with E-state index in [0.29, 0.717) is 12.4 Å². The van der Waals surface area contributed by atoms with Crippen molar-refractivity contribution in [3.05, 3.63) is 48.1 Å². The molecule has 0 radical (unpaired) electrons. The fraction of sp³-hybridized carbons (Fsp3) is 0.250. The molecular formula is C16H17N5OS. The molecule has 6 nitrogen and oxygen atoms in total. The maximum absolute atomic E-state index is 5.68. The highest BCUT2D eigenvalue weighted by molar-refractivity contribution is 8.08. The SMILES string of the molecule is Cc1c[nH]c2nccc(N3C=C(c4cnc(CN)o4)SCC3)c12. The summed E-state index contributed by atoms with van der Waals surface area (Å²) in [7, 11) is 0. The van der Waals surface area contributed by atoms with Crippen LogP contribution in [0.4, 0.5) is 5.69 Å². The van der Waals surface area contributed by atoms with E-state index < -0.39 is 0 Å². The van der Waals surface area contributed by atoms with Gasteiger partial charge in [-0.1, -0.05) is 0 Å². The number of oxazole rings is 1. The van der Waals surface area contributed by atoms with Gasteiger partial charge in [-0.05, 0) is 18.6 Å². The second-order valence-electron chi connectivity index (χ2n) is 5.38. The molecule has 7 heteroatoms. The third-order valence-corrected chi connectivity index (χ3v) is 4.90. The molecule has 3 aromatic rings. The van der Waals surface area contributed by atoms with Gasteiger partial charge in [-0.15, -0.1) is 11.8 Å². The van der Waals surface area contributed by atoms with Crippen LogP contribution in [0, 0.1) is 6.92 Å². The van der Waals surface area contributed by atoms with Crippen LogP contribution in [0.2, 0.25) is 0 Å². The highest BCUT2D eigenvalue weighted by Gasteiger charge is 2.19. The van der Waals surface area contributed by atoms with Gasteiger partial charge in [-0.25, -0.2) is 9.97 Å². The molecule has 0 aliphatic carbocycles. The molecule has 0 unspecified atom stereocenters. The number of aromatic nitrogens is 3. The molecule has 0 spiro atoms. The number of pyridine rings is 1. The van der Waals surface area contributed by atoms with Gasteiger partial charge < -0.3 is 20.0 Å². The maximum Gasteiger partial charge on any atom is 0.208 e. The Hall–Kier alpha value is -2.25. The number of thioether (sulfide) groups is 1. The molecule has 0 aromatic carbocycles. The fourth-order valence-corrected chi connectivity index (χ4v) is 3.72. The van der Waals surface area contributed by atoms with Crippen LogP contribution in [0.25, 0.3) is 15.9 Å². The summed E-state index contributed by atoms with van der Waals surface area (Å²) < 4.78 is 5.68. The first-order chi connectivity index (χ1) is 11.3. The lowest BCUT2D eigenvalue weighted by atomic mass is 10.2. The lowest BCUT2D eigenvalue weighted by Gasteiger charge is -2.26. The molecule has 0 bridgehead atoms. The van der Waals surface area contributed by atoms with Crippen LogP contribution in [0.1, 0.15) is 17.2 Å². The van der Waals surface area contributed by atoms with Gasteiger partial charge in [-0.3, -0.25) is 0 Å². The summed E-state index contributed by atoms with van der Waals surface area (Å²) in [4.78, 5) is 15.1. The molecule has 118 valence electrons. The number of fused-ring (bicyclic) bond motifs is 1. The second kappa shape index (κ2) is 5.75. The Morgan fingerprint density at radius 1 is 1.43 bits per heavy atom. The Kier molecular flexibility index (Phi) is 3.59. The van der Waals surface area contributed by atoms with Crippen molar-refractivity contribution in [3.63, 3.8) is 0 Å².